The first kappa shape index (κ1) is 23.1. The Hall–Kier alpha value is -3.59. The number of benzene rings is 2. The van der Waals surface area contributed by atoms with E-state index < -0.39 is 0 Å². The summed E-state index contributed by atoms with van der Waals surface area (Å²) >= 11 is 1.49. The second kappa shape index (κ2) is 11.7. The van der Waals surface area contributed by atoms with Gasteiger partial charge in [-0.2, -0.15) is 5.10 Å². The second-order valence-electron chi connectivity index (χ2n) is 6.60. The van der Waals surface area contributed by atoms with E-state index in [1.165, 1.54) is 11.3 Å². The molecule has 8 nitrogen and oxygen atoms in total. The predicted octanol–water partition coefficient (Wildman–Crippen LogP) is 4.71. The summed E-state index contributed by atoms with van der Waals surface area (Å²) in [7, 11) is 0. The summed E-state index contributed by atoms with van der Waals surface area (Å²) in [6, 6.07) is 12.6. The minimum Gasteiger partial charge on any atom is -0.494 e. The number of thiazole rings is 1. The van der Waals surface area contributed by atoms with E-state index in [1.807, 2.05) is 38.3 Å². The predicted molar refractivity (Wildman–Crippen MR) is 127 cm³/mol. The number of rotatable bonds is 11. The van der Waals surface area contributed by atoms with Crippen molar-refractivity contribution < 1.29 is 19.0 Å². The summed E-state index contributed by atoms with van der Waals surface area (Å²) in [6.07, 6.45) is 1.67. The third kappa shape index (κ3) is 6.98. The van der Waals surface area contributed by atoms with Gasteiger partial charge in [0.05, 0.1) is 25.1 Å². The maximum atomic E-state index is 12.3. The molecule has 0 spiro atoms. The van der Waals surface area contributed by atoms with Gasteiger partial charge in [0, 0.05) is 11.1 Å². The number of nitrogens with one attached hydrogen (secondary N) is 2. The van der Waals surface area contributed by atoms with Crippen molar-refractivity contribution in [2.45, 2.75) is 20.8 Å². The van der Waals surface area contributed by atoms with Gasteiger partial charge in [0.25, 0.3) is 5.91 Å². The minimum absolute atomic E-state index is 0.147. The summed E-state index contributed by atoms with van der Waals surface area (Å²) in [6.45, 7) is 6.64. The molecule has 1 amide bonds. The molecule has 3 rings (SSSR count). The fourth-order valence-electron chi connectivity index (χ4n) is 2.70. The molecule has 2 aromatic carbocycles. The Morgan fingerprint density at radius 1 is 1.06 bits per heavy atom. The van der Waals surface area contributed by atoms with Crippen LogP contribution in [0.4, 0.5) is 10.8 Å². The van der Waals surface area contributed by atoms with Gasteiger partial charge in [0.2, 0.25) is 5.13 Å². The molecule has 1 aromatic heterocycles. The van der Waals surface area contributed by atoms with E-state index in [0.717, 1.165) is 22.1 Å². The zero-order chi connectivity index (χ0) is 22.8. The molecule has 9 heteroatoms. The molecule has 0 aliphatic carbocycles. The van der Waals surface area contributed by atoms with Crippen molar-refractivity contribution >= 4 is 34.3 Å². The molecule has 0 bridgehead atoms. The lowest BCUT2D eigenvalue weighted by atomic mass is 10.2. The number of ether oxygens (including phenoxy) is 3. The monoisotopic (exact) mass is 454 g/mol. The van der Waals surface area contributed by atoms with Crippen LogP contribution >= 0.6 is 11.3 Å². The van der Waals surface area contributed by atoms with Crippen LogP contribution in [0.2, 0.25) is 0 Å². The van der Waals surface area contributed by atoms with Gasteiger partial charge in [-0.15, -0.1) is 11.3 Å². The van der Waals surface area contributed by atoms with Crippen LogP contribution < -0.4 is 25.0 Å². The molecule has 0 fully saturated rings. The number of hydrogen-bond donors (Lipinski definition) is 2. The van der Waals surface area contributed by atoms with Crippen LogP contribution in [-0.2, 0) is 4.79 Å². The van der Waals surface area contributed by atoms with Crippen molar-refractivity contribution in [3.05, 3.63) is 59.1 Å². The van der Waals surface area contributed by atoms with Crippen LogP contribution in [0.3, 0.4) is 0 Å². The van der Waals surface area contributed by atoms with Crippen molar-refractivity contribution in [1.29, 1.82) is 0 Å². The van der Waals surface area contributed by atoms with Gasteiger partial charge < -0.3 is 19.5 Å². The van der Waals surface area contributed by atoms with Crippen molar-refractivity contribution in [3.63, 3.8) is 0 Å². The molecule has 0 saturated heterocycles. The highest BCUT2D eigenvalue weighted by atomic mass is 32.1. The van der Waals surface area contributed by atoms with E-state index in [9.17, 15) is 4.79 Å². The van der Waals surface area contributed by atoms with Gasteiger partial charge in [0.15, 0.2) is 18.1 Å². The van der Waals surface area contributed by atoms with Crippen LogP contribution in [0.25, 0.3) is 0 Å². The lowest BCUT2D eigenvalue weighted by molar-refractivity contribution is -0.118. The van der Waals surface area contributed by atoms with Crippen LogP contribution in [0, 0.1) is 6.92 Å². The fraction of sp³-hybridized carbons (Fsp3) is 0.261. The van der Waals surface area contributed by atoms with Gasteiger partial charge in [0.1, 0.15) is 5.75 Å². The Bertz CT molecular complexity index is 1050. The largest absolute Gasteiger partial charge is 0.494 e. The molecule has 0 aliphatic heterocycles. The molecule has 0 radical (unpaired) electrons. The van der Waals surface area contributed by atoms with Gasteiger partial charge in [-0.25, -0.2) is 4.98 Å². The number of hydrazone groups is 1. The summed E-state index contributed by atoms with van der Waals surface area (Å²) in [5.74, 6) is 1.50. The molecule has 168 valence electrons. The third-order valence-electron chi connectivity index (χ3n) is 4.07. The molecular weight excluding hydrogens is 428 g/mol. The maximum absolute atomic E-state index is 12.3. The van der Waals surface area contributed by atoms with Crippen molar-refractivity contribution in [2.24, 2.45) is 5.10 Å². The van der Waals surface area contributed by atoms with E-state index in [-0.39, 0.29) is 12.5 Å². The van der Waals surface area contributed by atoms with Crippen molar-refractivity contribution in [3.8, 4) is 17.2 Å². The molecule has 0 saturated carbocycles. The van der Waals surface area contributed by atoms with E-state index in [0.29, 0.717) is 30.4 Å². The number of aromatic nitrogens is 1. The number of hydrogen-bond acceptors (Lipinski definition) is 8. The molecular formula is C23H26N4O4S. The van der Waals surface area contributed by atoms with Gasteiger partial charge >= 0.3 is 0 Å². The van der Waals surface area contributed by atoms with Gasteiger partial charge in [-0.1, -0.05) is 0 Å². The topological polar surface area (TPSA) is 94.1 Å². The summed E-state index contributed by atoms with van der Waals surface area (Å²) in [4.78, 5) is 16.6. The Morgan fingerprint density at radius 2 is 1.84 bits per heavy atom. The SMILES string of the molecule is CCOc1ccc(NC(=O)COc2ccc(C=NNc3nc(C)cs3)cc2OCC)cc1. The highest BCUT2D eigenvalue weighted by molar-refractivity contribution is 7.13. The van der Waals surface area contributed by atoms with Gasteiger partial charge in [-0.05, 0) is 68.8 Å². The van der Waals surface area contributed by atoms with Crippen molar-refractivity contribution in [2.75, 3.05) is 30.6 Å². The number of aryl methyl sites for hydroxylation is 1. The lowest BCUT2D eigenvalue weighted by Gasteiger charge is -2.13. The van der Waals surface area contributed by atoms with E-state index in [4.69, 9.17) is 14.2 Å². The maximum Gasteiger partial charge on any atom is 0.262 e. The van der Waals surface area contributed by atoms with E-state index >= 15 is 0 Å². The molecule has 0 unspecified atom stereocenters. The van der Waals surface area contributed by atoms with Crippen LogP contribution in [0.5, 0.6) is 17.2 Å². The fourth-order valence-corrected chi connectivity index (χ4v) is 3.34. The lowest BCUT2D eigenvalue weighted by Crippen LogP contribution is -2.20. The first-order valence-corrected chi connectivity index (χ1v) is 11.1. The molecule has 3 aromatic rings. The van der Waals surface area contributed by atoms with Crippen LogP contribution in [0.15, 0.2) is 52.9 Å². The number of carbonyl (C=O) groups is 1. The number of nitrogens with zero attached hydrogens (tertiary/aromatic N) is 2. The Kier molecular flexibility index (Phi) is 8.44. The average molecular weight is 455 g/mol. The molecule has 0 atom stereocenters. The summed E-state index contributed by atoms with van der Waals surface area (Å²) in [5.41, 5.74) is 5.33. The highest BCUT2D eigenvalue weighted by Crippen LogP contribution is 2.28. The average Bonchev–Trinajstić information content (AvgIpc) is 3.20. The molecule has 0 aliphatic rings. The van der Waals surface area contributed by atoms with E-state index in [1.54, 1.807) is 36.5 Å². The number of anilines is 2. The minimum atomic E-state index is -0.273. The Morgan fingerprint density at radius 3 is 2.53 bits per heavy atom. The zero-order valence-electron chi connectivity index (χ0n) is 18.3. The first-order chi connectivity index (χ1) is 15.6. The molecule has 2 N–H and O–H groups in total. The smallest absolute Gasteiger partial charge is 0.262 e. The van der Waals surface area contributed by atoms with Crippen molar-refractivity contribution in [1.82, 2.24) is 4.98 Å². The van der Waals surface area contributed by atoms with Gasteiger partial charge in [-0.3, -0.25) is 10.2 Å². The Labute approximate surface area is 191 Å². The molecule has 32 heavy (non-hydrogen) atoms. The standard InChI is InChI=1S/C23H26N4O4S/c1-4-29-19-9-7-18(8-10-19)26-22(28)14-31-20-11-6-17(12-21(20)30-5-2)13-24-27-23-25-16(3)15-32-23/h6-13,15H,4-5,14H2,1-3H3,(H,25,27)(H,26,28). The highest BCUT2D eigenvalue weighted by Gasteiger charge is 2.10. The quantitative estimate of drug-likeness (QED) is 0.322. The third-order valence-corrected chi connectivity index (χ3v) is 4.93. The van der Waals surface area contributed by atoms with Crippen LogP contribution in [0.1, 0.15) is 25.1 Å². The summed E-state index contributed by atoms with van der Waals surface area (Å²) in [5, 5.41) is 9.67. The Balaban J connectivity index is 1.57. The first-order valence-electron chi connectivity index (χ1n) is 10.2. The summed E-state index contributed by atoms with van der Waals surface area (Å²) < 4.78 is 16.8. The second-order valence-corrected chi connectivity index (χ2v) is 7.46. The normalized spacial score (nSPS) is 10.7. The zero-order valence-corrected chi connectivity index (χ0v) is 19.1. The number of carbonyl (C=O) groups excluding carboxylic acids is 1. The van der Waals surface area contributed by atoms with Crippen LogP contribution in [-0.4, -0.2) is 36.9 Å². The van der Waals surface area contributed by atoms with E-state index in [2.05, 4.69) is 20.8 Å². The number of amides is 1. The molecule has 1 heterocycles.